The fraction of sp³-hybridized carbons (Fsp3) is 0.278. The summed E-state index contributed by atoms with van der Waals surface area (Å²) in [5.41, 5.74) is 2.88. The molecule has 2 amide bonds. The van der Waals surface area contributed by atoms with E-state index >= 15 is 0 Å². The van der Waals surface area contributed by atoms with Gasteiger partial charge in [-0.15, -0.1) is 0 Å². The molecule has 4 aromatic carbocycles. The molecule has 0 heterocycles. The first-order chi connectivity index (χ1) is 22.0. The number of sulfonamides is 1. The Morgan fingerprint density at radius 2 is 1.41 bits per heavy atom. The number of hydrogen-bond donors (Lipinski definition) is 1. The summed E-state index contributed by atoms with van der Waals surface area (Å²) in [7, 11) is -1.31. The Morgan fingerprint density at radius 3 is 2.02 bits per heavy atom. The third-order valence-electron chi connectivity index (χ3n) is 7.40. The third-order valence-corrected chi connectivity index (χ3v) is 9.19. The smallest absolute Gasteiger partial charge is 0.264 e. The molecule has 0 spiro atoms. The van der Waals surface area contributed by atoms with Crippen LogP contribution >= 0.6 is 0 Å². The Balaban J connectivity index is 1.84. The summed E-state index contributed by atoms with van der Waals surface area (Å²) in [4.78, 5) is 29.9. The molecule has 10 heteroatoms. The minimum atomic E-state index is -4.24. The van der Waals surface area contributed by atoms with Crippen LogP contribution in [0.2, 0.25) is 0 Å². The first-order valence-electron chi connectivity index (χ1n) is 15.0. The van der Waals surface area contributed by atoms with Crippen molar-refractivity contribution < 1.29 is 27.5 Å². The van der Waals surface area contributed by atoms with E-state index in [2.05, 4.69) is 5.32 Å². The van der Waals surface area contributed by atoms with Gasteiger partial charge in [-0.05, 0) is 56.2 Å². The zero-order chi connectivity index (χ0) is 33.3. The molecule has 1 atom stereocenters. The van der Waals surface area contributed by atoms with E-state index in [-0.39, 0.29) is 35.5 Å². The maximum Gasteiger partial charge on any atom is 0.264 e. The van der Waals surface area contributed by atoms with Crippen LogP contribution in [-0.2, 0) is 32.6 Å². The lowest BCUT2D eigenvalue weighted by Crippen LogP contribution is -2.54. The average Bonchev–Trinajstić information content (AvgIpc) is 3.05. The van der Waals surface area contributed by atoms with Gasteiger partial charge < -0.3 is 19.7 Å². The second-order valence-electron chi connectivity index (χ2n) is 11.2. The molecule has 1 unspecified atom stereocenters. The molecule has 0 bridgehead atoms. The molecule has 4 aromatic rings. The topological polar surface area (TPSA) is 105 Å². The molecule has 0 saturated carbocycles. The predicted octanol–water partition coefficient (Wildman–Crippen LogP) is 5.37. The van der Waals surface area contributed by atoms with Crippen LogP contribution < -0.4 is 19.1 Å². The van der Waals surface area contributed by atoms with E-state index in [4.69, 9.17) is 9.47 Å². The van der Waals surface area contributed by atoms with E-state index in [0.717, 1.165) is 21.0 Å². The molecule has 0 aromatic heterocycles. The van der Waals surface area contributed by atoms with Gasteiger partial charge in [0.2, 0.25) is 11.8 Å². The maximum absolute atomic E-state index is 14.6. The largest absolute Gasteiger partial charge is 0.493 e. The molecule has 0 aliphatic heterocycles. The van der Waals surface area contributed by atoms with Gasteiger partial charge in [0.05, 0.1) is 24.8 Å². The zero-order valence-corrected chi connectivity index (χ0v) is 27.7. The standard InChI is InChI=1S/C36H41N3O6S/c1-26(2)37-36(41)32(22-28-14-8-6-9-15-28)38(24-29-16-12-13-27(3)21-29)35(40)25-39(46(42,43)31-17-10-7-11-18-31)30-19-20-33(44-4)34(23-30)45-5/h6-21,23,26,32H,22,24-25H2,1-5H3,(H,37,41). The van der Waals surface area contributed by atoms with Crippen molar-refractivity contribution >= 4 is 27.5 Å². The molecule has 4 rings (SSSR count). The van der Waals surface area contributed by atoms with E-state index < -0.39 is 28.5 Å². The van der Waals surface area contributed by atoms with Gasteiger partial charge >= 0.3 is 0 Å². The quantitative estimate of drug-likeness (QED) is 0.198. The fourth-order valence-corrected chi connectivity index (χ4v) is 6.60. The molecule has 0 aliphatic carbocycles. The number of rotatable bonds is 14. The Kier molecular flexibility index (Phi) is 11.4. The molecule has 0 fully saturated rings. The number of nitrogens with one attached hydrogen (secondary N) is 1. The van der Waals surface area contributed by atoms with Crippen molar-refractivity contribution in [2.24, 2.45) is 0 Å². The summed E-state index contributed by atoms with van der Waals surface area (Å²) in [6.45, 7) is 5.19. The molecular weight excluding hydrogens is 602 g/mol. The van der Waals surface area contributed by atoms with E-state index in [0.29, 0.717) is 11.5 Å². The second-order valence-corrected chi connectivity index (χ2v) is 13.1. The number of benzene rings is 4. The zero-order valence-electron chi connectivity index (χ0n) is 26.8. The summed E-state index contributed by atoms with van der Waals surface area (Å²) < 4.78 is 40.3. The number of hydrogen-bond acceptors (Lipinski definition) is 6. The van der Waals surface area contributed by atoms with Gasteiger partial charge in [0.15, 0.2) is 11.5 Å². The lowest BCUT2D eigenvalue weighted by atomic mass is 10.0. The SMILES string of the molecule is COc1ccc(N(CC(=O)N(Cc2cccc(C)c2)C(Cc2ccccc2)C(=O)NC(C)C)S(=O)(=O)c2ccccc2)cc1OC. The fourth-order valence-electron chi connectivity index (χ4n) is 5.17. The van der Waals surface area contributed by atoms with Crippen LogP contribution in [-0.4, -0.2) is 58.0 Å². The number of aryl methyl sites for hydroxylation is 1. The highest BCUT2D eigenvalue weighted by atomic mass is 32.2. The summed E-state index contributed by atoms with van der Waals surface area (Å²) in [6.07, 6.45) is 0.235. The van der Waals surface area contributed by atoms with Crippen LogP contribution in [0.25, 0.3) is 0 Å². The van der Waals surface area contributed by atoms with Crippen molar-refractivity contribution in [1.29, 1.82) is 0 Å². The molecule has 242 valence electrons. The minimum absolute atomic E-state index is 0.0150. The van der Waals surface area contributed by atoms with E-state index in [1.165, 1.54) is 37.3 Å². The number of anilines is 1. The monoisotopic (exact) mass is 643 g/mol. The number of nitrogens with zero attached hydrogens (tertiary/aromatic N) is 2. The number of amides is 2. The van der Waals surface area contributed by atoms with Crippen LogP contribution in [0.3, 0.4) is 0 Å². The molecule has 0 aliphatic rings. The van der Waals surface area contributed by atoms with Crippen molar-refractivity contribution in [1.82, 2.24) is 10.2 Å². The van der Waals surface area contributed by atoms with E-state index in [9.17, 15) is 18.0 Å². The second kappa shape index (κ2) is 15.4. The van der Waals surface area contributed by atoms with Crippen LogP contribution in [0.15, 0.2) is 108 Å². The van der Waals surface area contributed by atoms with Gasteiger partial charge in [0.1, 0.15) is 12.6 Å². The molecule has 9 nitrogen and oxygen atoms in total. The summed E-state index contributed by atoms with van der Waals surface area (Å²) in [5, 5.41) is 2.97. The Labute approximate surface area is 271 Å². The third kappa shape index (κ3) is 8.45. The number of carbonyl (C=O) groups excluding carboxylic acids is 2. The van der Waals surface area contributed by atoms with Crippen molar-refractivity contribution in [3.63, 3.8) is 0 Å². The lowest BCUT2D eigenvalue weighted by Gasteiger charge is -2.34. The molecule has 0 saturated heterocycles. The maximum atomic E-state index is 14.6. The van der Waals surface area contributed by atoms with Crippen molar-refractivity contribution in [3.8, 4) is 11.5 Å². The normalized spacial score (nSPS) is 11.9. The van der Waals surface area contributed by atoms with E-state index in [1.807, 2.05) is 75.4 Å². The van der Waals surface area contributed by atoms with E-state index in [1.54, 1.807) is 30.3 Å². The van der Waals surface area contributed by atoms with Crippen LogP contribution in [0, 0.1) is 6.92 Å². The van der Waals surface area contributed by atoms with Crippen molar-refractivity contribution in [2.45, 2.75) is 50.7 Å². The Hall–Kier alpha value is -4.83. The van der Waals surface area contributed by atoms with Gasteiger partial charge in [-0.3, -0.25) is 13.9 Å². The van der Waals surface area contributed by atoms with Gasteiger partial charge in [-0.25, -0.2) is 8.42 Å². The van der Waals surface area contributed by atoms with Crippen molar-refractivity contribution in [3.05, 3.63) is 120 Å². The van der Waals surface area contributed by atoms with Gasteiger partial charge in [-0.1, -0.05) is 78.4 Å². The first-order valence-corrected chi connectivity index (χ1v) is 16.5. The van der Waals surface area contributed by atoms with Gasteiger partial charge in [0.25, 0.3) is 10.0 Å². The lowest BCUT2D eigenvalue weighted by molar-refractivity contribution is -0.140. The Morgan fingerprint density at radius 1 is 0.783 bits per heavy atom. The highest BCUT2D eigenvalue weighted by Gasteiger charge is 2.35. The van der Waals surface area contributed by atoms with Crippen LogP contribution in [0.4, 0.5) is 5.69 Å². The highest BCUT2D eigenvalue weighted by Crippen LogP contribution is 2.34. The summed E-state index contributed by atoms with van der Waals surface area (Å²) in [6, 6.07) is 28.6. The number of carbonyl (C=O) groups is 2. The molecule has 0 radical (unpaired) electrons. The Bertz CT molecular complexity index is 1730. The van der Waals surface area contributed by atoms with Crippen LogP contribution in [0.1, 0.15) is 30.5 Å². The van der Waals surface area contributed by atoms with Crippen molar-refractivity contribution in [2.75, 3.05) is 25.1 Å². The predicted molar refractivity (Wildman–Crippen MR) is 179 cm³/mol. The molecule has 1 N–H and O–H groups in total. The van der Waals surface area contributed by atoms with Gasteiger partial charge in [-0.2, -0.15) is 0 Å². The number of methoxy groups -OCH3 is 2. The summed E-state index contributed by atoms with van der Waals surface area (Å²) >= 11 is 0. The molecular formula is C36H41N3O6S. The average molecular weight is 644 g/mol. The van der Waals surface area contributed by atoms with Gasteiger partial charge in [0, 0.05) is 25.1 Å². The summed E-state index contributed by atoms with van der Waals surface area (Å²) in [5.74, 6) is -0.168. The first kappa shape index (κ1) is 34.1. The number of ether oxygens (including phenoxy) is 2. The highest BCUT2D eigenvalue weighted by molar-refractivity contribution is 7.92. The van der Waals surface area contributed by atoms with Crippen LogP contribution in [0.5, 0.6) is 11.5 Å². The minimum Gasteiger partial charge on any atom is -0.493 e. The molecule has 46 heavy (non-hydrogen) atoms.